The number of likely N-dealkylation sites (N-methyl/N-ethyl adjacent to an activating group) is 1. The van der Waals surface area contributed by atoms with Crippen molar-refractivity contribution in [2.24, 2.45) is 7.05 Å². The van der Waals surface area contributed by atoms with E-state index in [0.29, 0.717) is 30.5 Å². The molecule has 25 heavy (non-hydrogen) atoms. The van der Waals surface area contributed by atoms with Gasteiger partial charge in [-0.05, 0) is 20.0 Å². The van der Waals surface area contributed by atoms with Crippen LogP contribution < -0.4 is 0 Å². The zero-order valence-electron chi connectivity index (χ0n) is 15.8. The Morgan fingerprint density at radius 3 is 2.56 bits per heavy atom. The van der Waals surface area contributed by atoms with E-state index in [9.17, 15) is 4.79 Å². The molecular formula is C17H26N6O2. The molecule has 8 nitrogen and oxygen atoms in total. The van der Waals surface area contributed by atoms with Gasteiger partial charge in [-0.3, -0.25) is 14.4 Å². The van der Waals surface area contributed by atoms with Gasteiger partial charge in [-0.25, -0.2) is 0 Å². The highest BCUT2D eigenvalue weighted by Crippen LogP contribution is 2.25. The molecule has 0 aromatic carbocycles. The molecule has 0 radical (unpaired) electrons. The normalized spacial score (nSPS) is 19.4. The van der Waals surface area contributed by atoms with E-state index >= 15 is 0 Å². The average Bonchev–Trinajstić information content (AvgIpc) is 3.13. The quantitative estimate of drug-likeness (QED) is 0.820. The number of nitrogens with zero attached hydrogens (tertiary/aromatic N) is 6. The molecule has 3 rings (SSSR count). The summed E-state index contributed by atoms with van der Waals surface area (Å²) in [5.74, 6) is 1.14. The summed E-state index contributed by atoms with van der Waals surface area (Å²) in [5, 5.41) is 8.38. The molecule has 0 spiro atoms. The van der Waals surface area contributed by atoms with E-state index in [0.717, 1.165) is 12.2 Å². The average molecular weight is 346 g/mol. The van der Waals surface area contributed by atoms with Crippen molar-refractivity contribution in [2.45, 2.75) is 39.2 Å². The first-order chi connectivity index (χ1) is 11.7. The van der Waals surface area contributed by atoms with Crippen LogP contribution in [0.25, 0.3) is 0 Å². The van der Waals surface area contributed by atoms with Gasteiger partial charge in [-0.2, -0.15) is 10.1 Å². The molecule has 1 amide bonds. The molecule has 0 bridgehead atoms. The first-order valence-corrected chi connectivity index (χ1v) is 8.51. The molecule has 3 heterocycles. The van der Waals surface area contributed by atoms with Crippen LogP contribution in [-0.2, 0) is 12.5 Å². The molecule has 1 fully saturated rings. The Balaban J connectivity index is 1.82. The van der Waals surface area contributed by atoms with Crippen molar-refractivity contribution in [3.05, 3.63) is 29.2 Å². The number of carbonyl (C=O) groups excluding carboxylic acids is 1. The summed E-state index contributed by atoms with van der Waals surface area (Å²) in [5.41, 5.74) is 1.42. The Kier molecular flexibility index (Phi) is 4.40. The molecule has 136 valence electrons. The van der Waals surface area contributed by atoms with Gasteiger partial charge in [-0.1, -0.05) is 25.9 Å². The van der Waals surface area contributed by atoms with Crippen molar-refractivity contribution >= 4 is 5.91 Å². The maximum atomic E-state index is 13.0. The van der Waals surface area contributed by atoms with Crippen LogP contribution in [0.3, 0.4) is 0 Å². The van der Waals surface area contributed by atoms with Gasteiger partial charge in [0.05, 0.1) is 5.69 Å². The molecule has 8 heteroatoms. The number of amides is 1. The van der Waals surface area contributed by atoms with E-state index in [4.69, 9.17) is 4.52 Å². The third kappa shape index (κ3) is 3.44. The van der Waals surface area contributed by atoms with E-state index in [1.165, 1.54) is 0 Å². The first kappa shape index (κ1) is 17.6. The van der Waals surface area contributed by atoms with E-state index in [1.807, 2.05) is 25.1 Å². The first-order valence-electron chi connectivity index (χ1n) is 8.51. The lowest BCUT2D eigenvalue weighted by atomic mass is 9.92. The fraction of sp³-hybridized carbons (Fsp3) is 0.647. The summed E-state index contributed by atoms with van der Waals surface area (Å²) in [6.07, 6.45) is 0. The Morgan fingerprint density at radius 2 is 2.00 bits per heavy atom. The lowest BCUT2D eigenvalue weighted by Gasteiger charge is -2.37. The number of hydrogen-bond donors (Lipinski definition) is 0. The molecular weight excluding hydrogens is 320 g/mol. The predicted octanol–water partition coefficient (Wildman–Crippen LogP) is 1.54. The molecule has 1 aliphatic heterocycles. The van der Waals surface area contributed by atoms with E-state index < -0.39 is 0 Å². The maximum absolute atomic E-state index is 13.0. The number of piperazine rings is 1. The van der Waals surface area contributed by atoms with Crippen LogP contribution in [0.5, 0.6) is 0 Å². The predicted molar refractivity (Wildman–Crippen MR) is 92.2 cm³/mol. The maximum Gasteiger partial charge on any atom is 0.272 e. The van der Waals surface area contributed by atoms with E-state index in [-0.39, 0.29) is 17.4 Å². The topological polar surface area (TPSA) is 80.3 Å². The van der Waals surface area contributed by atoms with Crippen LogP contribution in [0.15, 0.2) is 10.6 Å². The Morgan fingerprint density at radius 1 is 1.28 bits per heavy atom. The van der Waals surface area contributed by atoms with Gasteiger partial charge in [-0.15, -0.1) is 0 Å². The summed E-state index contributed by atoms with van der Waals surface area (Å²) in [6, 6.07) is 1.81. The third-order valence-electron chi connectivity index (χ3n) is 4.63. The van der Waals surface area contributed by atoms with Gasteiger partial charge in [0.1, 0.15) is 11.7 Å². The molecule has 1 atom stereocenters. The van der Waals surface area contributed by atoms with Gasteiger partial charge < -0.3 is 9.42 Å². The van der Waals surface area contributed by atoms with Crippen molar-refractivity contribution in [3.63, 3.8) is 0 Å². The van der Waals surface area contributed by atoms with Crippen molar-refractivity contribution < 1.29 is 9.32 Å². The summed E-state index contributed by atoms with van der Waals surface area (Å²) >= 11 is 0. The molecule has 1 saturated heterocycles. The van der Waals surface area contributed by atoms with Gasteiger partial charge in [0.25, 0.3) is 5.91 Å². The van der Waals surface area contributed by atoms with Gasteiger partial charge in [0, 0.05) is 32.1 Å². The zero-order valence-corrected chi connectivity index (χ0v) is 15.8. The molecule has 2 aromatic rings. The van der Waals surface area contributed by atoms with Gasteiger partial charge in [0.15, 0.2) is 5.82 Å². The molecule has 0 unspecified atom stereocenters. The van der Waals surface area contributed by atoms with Crippen LogP contribution >= 0.6 is 0 Å². The van der Waals surface area contributed by atoms with Gasteiger partial charge >= 0.3 is 0 Å². The summed E-state index contributed by atoms with van der Waals surface area (Å²) in [4.78, 5) is 21.3. The van der Waals surface area contributed by atoms with Crippen molar-refractivity contribution in [1.29, 1.82) is 0 Å². The van der Waals surface area contributed by atoms with E-state index in [1.54, 1.807) is 11.6 Å². The number of aromatic nitrogens is 4. The zero-order chi connectivity index (χ0) is 18.4. The smallest absolute Gasteiger partial charge is 0.272 e. The summed E-state index contributed by atoms with van der Waals surface area (Å²) < 4.78 is 7.00. The second-order valence-corrected chi connectivity index (χ2v) is 7.72. The minimum absolute atomic E-state index is 0.0140. The lowest BCUT2D eigenvalue weighted by molar-refractivity contribution is 0.0479. The van der Waals surface area contributed by atoms with Crippen LogP contribution in [0, 0.1) is 6.92 Å². The monoisotopic (exact) mass is 346 g/mol. The minimum atomic E-state index is -0.0950. The SMILES string of the molecule is Cc1noc([C@@H]2CN(C(=O)c3cc(C(C)(C)C)nn3C)CCN2C)n1. The van der Waals surface area contributed by atoms with Crippen LogP contribution in [0.2, 0.25) is 0 Å². The van der Waals surface area contributed by atoms with Crippen molar-refractivity contribution in [2.75, 3.05) is 26.7 Å². The number of carbonyl (C=O) groups is 1. The largest absolute Gasteiger partial charge is 0.338 e. The van der Waals surface area contributed by atoms with Gasteiger partial charge in [0.2, 0.25) is 5.89 Å². The third-order valence-corrected chi connectivity index (χ3v) is 4.63. The molecule has 2 aromatic heterocycles. The highest BCUT2D eigenvalue weighted by Gasteiger charge is 2.33. The highest BCUT2D eigenvalue weighted by atomic mass is 16.5. The highest BCUT2D eigenvalue weighted by molar-refractivity contribution is 5.92. The van der Waals surface area contributed by atoms with Crippen molar-refractivity contribution in [1.82, 2.24) is 29.7 Å². The minimum Gasteiger partial charge on any atom is -0.338 e. The Hall–Kier alpha value is -2.22. The molecule has 0 aliphatic carbocycles. The van der Waals surface area contributed by atoms with Crippen LogP contribution in [0.1, 0.15) is 54.7 Å². The number of rotatable bonds is 2. The fourth-order valence-electron chi connectivity index (χ4n) is 2.97. The molecule has 0 N–H and O–H groups in total. The van der Waals surface area contributed by atoms with E-state index in [2.05, 4.69) is 40.9 Å². The second kappa shape index (κ2) is 6.25. The Bertz CT molecular complexity index is 772. The molecule has 0 saturated carbocycles. The fourth-order valence-corrected chi connectivity index (χ4v) is 2.97. The second-order valence-electron chi connectivity index (χ2n) is 7.72. The summed E-state index contributed by atoms with van der Waals surface area (Å²) in [6.45, 7) is 10.0. The molecule has 1 aliphatic rings. The standard InChI is InChI=1S/C17H26N6O2/c1-11-18-15(25-20-11)13-10-23(8-7-21(13)5)16(24)12-9-14(17(2,3)4)19-22(12)6/h9,13H,7-8,10H2,1-6H3/t13-/m0/s1. The lowest BCUT2D eigenvalue weighted by Crippen LogP contribution is -2.49. The van der Waals surface area contributed by atoms with Crippen molar-refractivity contribution in [3.8, 4) is 0 Å². The van der Waals surface area contributed by atoms with Crippen LogP contribution in [-0.4, -0.2) is 62.3 Å². The number of aryl methyl sites for hydroxylation is 2. The summed E-state index contributed by atoms with van der Waals surface area (Å²) in [7, 11) is 3.82. The Labute approximate surface area is 147 Å². The number of hydrogen-bond acceptors (Lipinski definition) is 6. The van der Waals surface area contributed by atoms with Crippen LogP contribution in [0.4, 0.5) is 0 Å².